The molecular weight excluding hydrogens is 204 g/mol. The van der Waals surface area contributed by atoms with Crippen LogP contribution in [0.1, 0.15) is 52.4 Å². The predicted octanol–water partition coefficient (Wildman–Crippen LogP) is 3.08. The molecule has 0 bridgehead atoms. The van der Waals surface area contributed by atoms with Crippen LogP contribution in [-0.2, 0) is 9.53 Å². The Bertz CT molecular complexity index is 227. The van der Waals surface area contributed by atoms with Gasteiger partial charge in [0, 0.05) is 13.2 Å². The highest BCUT2D eigenvalue weighted by Gasteiger charge is 2.44. The van der Waals surface area contributed by atoms with Crippen molar-refractivity contribution in [1.82, 2.24) is 0 Å². The van der Waals surface area contributed by atoms with Crippen molar-refractivity contribution < 1.29 is 14.6 Å². The molecule has 3 nitrogen and oxygen atoms in total. The molecule has 0 aromatic heterocycles. The number of hydrogen-bond acceptors (Lipinski definition) is 2. The molecule has 1 rings (SSSR count). The average Bonchev–Trinajstić information content (AvgIpc) is 2.69. The molecule has 94 valence electrons. The molecule has 0 aromatic rings. The average molecular weight is 228 g/mol. The maximum absolute atomic E-state index is 11.4. The zero-order chi connectivity index (χ0) is 12.0. The van der Waals surface area contributed by atoms with E-state index in [1.54, 1.807) is 0 Å². The fraction of sp³-hybridized carbons (Fsp3) is 0.923. The minimum atomic E-state index is -0.597. The van der Waals surface area contributed by atoms with Gasteiger partial charge in [-0.1, -0.05) is 13.3 Å². The van der Waals surface area contributed by atoms with E-state index in [-0.39, 0.29) is 0 Å². The monoisotopic (exact) mass is 228 g/mol. The van der Waals surface area contributed by atoms with Crippen LogP contribution in [0.4, 0.5) is 0 Å². The van der Waals surface area contributed by atoms with Crippen molar-refractivity contribution in [3.05, 3.63) is 0 Å². The molecule has 2 atom stereocenters. The highest BCUT2D eigenvalue weighted by Crippen LogP contribution is 2.46. The Kier molecular flexibility index (Phi) is 5.26. The predicted molar refractivity (Wildman–Crippen MR) is 63.4 cm³/mol. The standard InChI is InChI=1S/C13H24O3/c1-3-11-6-8-13(10-11,12(14)15)7-5-9-16-4-2/h11H,3-10H2,1-2H3,(H,14,15). The highest BCUT2D eigenvalue weighted by molar-refractivity contribution is 5.75. The van der Waals surface area contributed by atoms with Gasteiger partial charge in [-0.2, -0.15) is 0 Å². The second kappa shape index (κ2) is 6.24. The largest absolute Gasteiger partial charge is 0.481 e. The van der Waals surface area contributed by atoms with Crippen LogP contribution < -0.4 is 0 Å². The third-order valence-electron chi connectivity index (χ3n) is 3.89. The molecule has 0 aromatic carbocycles. The molecule has 1 fully saturated rings. The van der Waals surface area contributed by atoms with Gasteiger partial charge in [-0.25, -0.2) is 0 Å². The normalized spacial score (nSPS) is 29.5. The van der Waals surface area contributed by atoms with E-state index in [1.165, 1.54) is 0 Å². The van der Waals surface area contributed by atoms with E-state index < -0.39 is 11.4 Å². The first kappa shape index (κ1) is 13.5. The van der Waals surface area contributed by atoms with Crippen LogP contribution in [0.3, 0.4) is 0 Å². The van der Waals surface area contributed by atoms with Crippen LogP contribution in [0.25, 0.3) is 0 Å². The maximum Gasteiger partial charge on any atom is 0.309 e. The highest BCUT2D eigenvalue weighted by atomic mass is 16.5. The molecular formula is C13H24O3. The van der Waals surface area contributed by atoms with E-state index in [0.29, 0.717) is 12.5 Å². The van der Waals surface area contributed by atoms with E-state index in [1.807, 2.05) is 6.92 Å². The van der Waals surface area contributed by atoms with Crippen molar-refractivity contribution in [3.63, 3.8) is 0 Å². The fourth-order valence-corrected chi connectivity index (χ4v) is 2.77. The third-order valence-corrected chi connectivity index (χ3v) is 3.89. The van der Waals surface area contributed by atoms with Gasteiger partial charge in [0.15, 0.2) is 0 Å². The van der Waals surface area contributed by atoms with E-state index in [9.17, 15) is 9.90 Å². The second-order valence-electron chi connectivity index (χ2n) is 4.90. The first-order valence-electron chi connectivity index (χ1n) is 6.45. The molecule has 1 N–H and O–H groups in total. The quantitative estimate of drug-likeness (QED) is 0.681. The fourth-order valence-electron chi connectivity index (χ4n) is 2.77. The second-order valence-corrected chi connectivity index (χ2v) is 4.90. The van der Waals surface area contributed by atoms with E-state index in [0.717, 1.165) is 45.1 Å². The number of aliphatic carboxylic acids is 1. The number of carboxylic acids is 1. The minimum absolute atomic E-state index is 0.447. The minimum Gasteiger partial charge on any atom is -0.481 e. The lowest BCUT2D eigenvalue weighted by Crippen LogP contribution is -2.28. The Morgan fingerprint density at radius 2 is 2.25 bits per heavy atom. The SMILES string of the molecule is CCOCCCC1(C(=O)O)CCC(CC)C1. The Balaban J connectivity index is 2.45. The van der Waals surface area contributed by atoms with Crippen molar-refractivity contribution in [2.75, 3.05) is 13.2 Å². The van der Waals surface area contributed by atoms with Crippen LogP contribution in [0, 0.1) is 11.3 Å². The van der Waals surface area contributed by atoms with Crippen LogP contribution >= 0.6 is 0 Å². The lowest BCUT2D eigenvalue weighted by atomic mass is 9.80. The number of ether oxygens (including phenoxy) is 1. The maximum atomic E-state index is 11.4. The third kappa shape index (κ3) is 3.21. The van der Waals surface area contributed by atoms with E-state index in [2.05, 4.69) is 6.92 Å². The summed E-state index contributed by atoms with van der Waals surface area (Å²) < 4.78 is 5.28. The summed E-state index contributed by atoms with van der Waals surface area (Å²) in [6, 6.07) is 0. The smallest absolute Gasteiger partial charge is 0.309 e. The summed E-state index contributed by atoms with van der Waals surface area (Å²) in [6.45, 7) is 5.54. The zero-order valence-electron chi connectivity index (χ0n) is 10.5. The number of carbonyl (C=O) groups is 1. The summed E-state index contributed by atoms with van der Waals surface area (Å²) >= 11 is 0. The van der Waals surface area contributed by atoms with Gasteiger partial charge in [0.1, 0.15) is 0 Å². The zero-order valence-corrected chi connectivity index (χ0v) is 10.5. The molecule has 1 aliphatic rings. The van der Waals surface area contributed by atoms with Gasteiger partial charge in [-0.05, 0) is 44.9 Å². The van der Waals surface area contributed by atoms with Crippen LogP contribution in [0.15, 0.2) is 0 Å². The molecule has 0 aliphatic heterocycles. The number of rotatable bonds is 7. The Labute approximate surface area is 98.2 Å². The summed E-state index contributed by atoms with van der Waals surface area (Å²) in [5, 5.41) is 9.39. The molecule has 2 unspecified atom stereocenters. The number of carboxylic acid groups (broad SMARTS) is 1. The molecule has 0 saturated heterocycles. The van der Waals surface area contributed by atoms with Gasteiger partial charge in [0.05, 0.1) is 5.41 Å². The van der Waals surface area contributed by atoms with Crippen molar-refractivity contribution in [3.8, 4) is 0 Å². The van der Waals surface area contributed by atoms with Crippen LogP contribution in [0.5, 0.6) is 0 Å². The van der Waals surface area contributed by atoms with Gasteiger partial charge in [-0.3, -0.25) is 4.79 Å². The van der Waals surface area contributed by atoms with Crippen molar-refractivity contribution >= 4 is 5.97 Å². The molecule has 0 amide bonds. The molecule has 1 aliphatic carbocycles. The number of hydrogen-bond donors (Lipinski definition) is 1. The topological polar surface area (TPSA) is 46.5 Å². The molecule has 0 heterocycles. The Hall–Kier alpha value is -0.570. The first-order valence-corrected chi connectivity index (χ1v) is 6.45. The molecule has 1 saturated carbocycles. The van der Waals surface area contributed by atoms with Gasteiger partial charge in [0.25, 0.3) is 0 Å². The lowest BCUT2D eigenvalue weighted by molar-refractivity contribution is -0.149. The van der Waals surface area contributed by atoms with Crippen molar-refractivity contribution in [1.29, 1.82) is 0 Å². The van der Waals surface area contributed by atoms with Crippen LogP contribution in [0.2, 0.25) is 0 Å². The summed E-state index contributed by atoms with van der Waals surface area (Å²) in [6.07, 6.45) is 5.56. The molecule has 3 heteroatoms. The van der Waals surface area contributed by atoms with Gasteiger partial charge < -0.3 is 9.84 Å². The van der Waals surface area contributed by atoms with Crippen molar-refractivity contribution in [2.45, 2.75) is 52.4 Å². The van der Waals surface area contributed by atoms with Gasteiger partial charge in [0.2, 0.25) is 0 Å². The summed E-state index contributed by atoms with van der Waals surface area (Å²) in [5.41, 5.74) is -0.447. The van der Waals surface area contributed by atoms with Crippen molar-refractivity contribution in [2.24, 2.45) is 11.3 Å². The van der Waals surface area contributed by atoms with Gasteiger partial charge in [-0.15, -0.1) is 0 Å². The summed E-state index contributed by atoms with van der Waals surface area (Å²) in [4.78, 5) is 11.4. The van der Waals surface area contributed by atoms with E-state index in [4.69, 9.17) is 4.74 Å². The first-order chi connectivity index (χ1) is 7.64. The molecule has 0 radical (unpaired) electrons. The van der Waals surface area contributed by atoms with Gasteiger partial charge >= 0.3 is 5.97 Å². The summed E-state index contributed by atoms with van der Waals surface area (Å²) in [5.74, 6) is 0.0168. The van der Waals surface area contributed by atoms with E-state index >= 15 is 0 Å². The Morgan fingerprint density at radius 3 is 2.75 bits per heavy atom. The van der Waals surface area contributed by atoms with Crippen LogP contribution in [-0.4, -0.2) is 24.3 Å². The lowest BCUT2D eigenvalue weighted by Gasteiger charge is -2.24. The Morgan fingerprint density at radius 1 is 1.50 bits per heavy atom. The molecule has 0 spiro atoms. The molecule has 16 heavy (non-hydrogen) atoms. The summed E-state index contributed by atoms with van der Waals surface area (Å²) in [7, 11) is 0.